The highest BCUT2D eigenvalue weighted by Gasteiger charge is 2.51. The lowest BCUT2D eigenvalue weighted by Gasteiger charge is -2.30. The summed E-state index contributed by atoms with van der Waals surface area (Å²) in [6, 6.07) is 4.20. The number of likely N-dealkylation sites (tertiary alicyclic amines) is 1. The fourth-order valence-corrected chi connectivity index (χ4v) is 3.85. The van der Waals surface area contributed by atoms with Crippen LogP contribution in [0.3, 0.4) is 0 Å². The molecule has 0 unspecified atom stereocenters. The molecule has 1 aliphatic carbocycles. The number of rotatable bonds is 4. The van der Waals surface area contributed by atoms with Gasteiger partial charge in [-0.3, -0.25) is 29.4 Å². The van der Waals surface area contributed by atoms with Crippen molar-refractivity contribution in [2.24, 2.45) is 5.41 Å². The SMILES string of the molecule is Cc1ccc(C(=O)CN2C(=O)CC3(CCCCC3)C2=O)cc1[N+](=O)[O-]. The van der Waals surface area contributed by atoms with Crippen LogP contribution in [0.15, 0.2) is 18.2 Å². The molecular formula is C18H20N2O5. The standard InChI is InChI=1S/C18H20N2O5/c1-12-5-6-13(9-14(12)20(24)25)15(21)11-19-16(22)10-18(17(19)23)7-3-2-4-8-18/h5-6,9H,2-4,7-8,10-11H2,1H3. The van der Waals surface area contributed by atoms with Gasteiger partial charge in [-0.25, -0.2) is 0 Å². The highest BCUT2D eigenvalue weighted by molar-refractivity contribution is 6.10. The van der Waals surface area contributed by atoms with E-state index in [2.05, 4.69) is 0 Å². The number of amides is 2. The summed E-state index contributed by atoms with van der Waals surface area (Å²) in [5.74, 6) is -1.04. The topological polar surface area (TPSA) is 97.6 Å². The molecule has 1 heterocycles. The second kappa shape index (κ2) is 6.38. The summed E-state index contributed by atoms with van der Waals surface area (Å²) in [5.41, 5.74) is -0.179. The van der Waals surface area contributed by atoms with Crippen molar-refractivity contribution in [1.82, 2.24) is 4.90 Å². The smallest absolute Gasteiger partial charge is 0.273 e. The first-order valence-corrected chi connectivity index (χ1v) is 8.47. The highest BCUT2D eigenvalue weighted by atomic mass is 16.6. The van der Waals surface area contributed by atoms with Crippen LogP contribution in [0.5, 0.6) is 0 Å². The molecule has 1 saturated heterocycles. The van der Waals surface area contributed by atoms with Crippen LogP contribution in [0.4, 0.5) is 5.69 Å². The molecule has 0 N–H and O–H groups in total. The van der Waals surface area contributed by atoms with E-state index in [4.69, 9.17) is 0 Å². The number of benzene rings is 1. The van der Waals surface area contributed by atoms with Crippen molar-refractivity contribution in [2.45, 2.75) is 45.4 Å². The number of imide groups is 1. The number of carbonyl (C=O) groups excluding carboxylic acids is 3. The summed E-state index contributed by atoms with van der Waals surface area (Å²) in [6.45, 7) is 1.24. The van der Waals surface area contributed by atoms with Crippen molar-refractivity contribution < 1.29 is 19.3 Å². The first kappa shape index (κ1) is 17.3. The van der Waals surface area contributed by atoms with Crippen LogP contribution in [-0.4, -0.2) is 34.0 Å². The Labute approximate surface area is 145 Å². The van der Waals surface area contributed by atoms with E-state index in [0.717, 1.165) is 24.2 Å². The first-order chi connectivity index (χ1) is 11.8. The number of hydrogen-bond donors (Lipinski definition) is 0. The number of hydrogen-bond acceptors (Lipinski definition) is 5. The summed E-state index contributed by atoms with van der Waals surface area (Å²) in [4.78, 5) is 49.0. The summed E-state index contributed by atoms with van der Waals surface area (Å²) >= 11 is 0. The average molecular weight is 344 g/mol. The summed E-state index contributed by atoms with van der Waals surface area (Å²) < 4.78 is 0. The summed E-state index contributed by atoms with van der Waals surface area (Å²) in [5, 5.41) is 11.0. The minimum Gasteiger partial charge on any atom is -0.292 e. The molecule has 2 aliphatic rings. The maximum atomic E-state index is 12.7. The Balaban J connectivity index is 1.79. The van der Waals surface area contributed by atoms with Gasteiger partial charge in [-0.1, -0.05) is 31.4 Å². The molecule has 1 saturated carbocycles. The van der Waals surface area contributed by atoms with Gasteiger partial charge in [-0.05, 0) is 19.8 Å². The van der Waals surface area contributed by atoms with Crippen molar-refractivity contribution in [3.63, 3.8) is 0 Å². The van der Waals surface area contributed by atoms with Gasteiger partial charge in [-0.2, -0.15) is 0 Å². The third-order valence-corrected chi connectivity index (χ3v) is 5.33. The van der Waals surface area contributed by atoms with Crippen molar-refractivity contribution in [1.29, 1.82) is 0 Å². The molecule has 3 rings (SSSR count). The number of Topliss-reactive ketones (excluding diaryl/α,β-unsaturated/α-hetero) is 1. The average Bonchev–Trinajstić information content (AvgIpc) is 2.79. The van der Waals surface area contributed by atoms with E-state index in [9.17, 15) is 24.5 Å². The molecule has 2 fully saturated rings. The van der Waals surface area contributed by atoms with E-state index < -0.39 is 16.1 Å². The van der Waals surface area contributed by atoms with Gasteiger partial charge in [-0.15, -0.1) is 0 Å². The van der Waals surface area contributed by atoms with Crippen LogP contribution in [0.2, 0.25) is 0 Å². The number of nitro groups is 1. The molecule has 0 atom stereocenters. The first-order valence-electron chi connectivity index (χ1n) is 8.47. The maximum absolute atomic E-state index is 12.7. The van der Waals surface area contributed by atoms with E-state index in [1.54, 1.807) is 6.92 Å². The van der Waals surface area contributed by atoms with Gasteiger partial charge in [0, 0.05) is 23.6 Å². The molecule has 1 aromatic rings. The fourth-order valence-electron chi connectivity index (χ4n) is 3.85. The van der Waals surface area contributed by atoms with Gasteiger partial charge >= 0.3 is 0 Å². The molecular weight excluding hydrogens is 324 g/mol. The van der Waals surface area contributed by atoms with Gasteiger partial charge in [0.2, 0.25) is 11.8 Å². The molecule has 0 aromatic heterocycles. The normalized spacial score (nSPS) is 19.5. The molecule has 1 aromatic carbocycles. The van der Waals surface area contributed by atoms with Crippen molar-refractivity contribution in [3.05, 3.63) is 39.4 Å². The van der Waals surface area contributed by atoms with E-state index >= 15 is 0 Å². The molecule has 0 bridgehead atoms. The Hall–Kier alpha value is -2.57. The quantitative estimate of drug-likeness (QED) is 0.362. The number of carbonyl (C=O) groups is 3. The van der Waals surface area contributed by atoms with E-state index in [1.807, 2.05) is 0 Å². The maximum Gasteiger partial charge on any atom is 0.273 e. The highest BCUT2D eigenvalue weighted by Crippen LogP contribution is 2.45. The van der Waals surface area contributed by atoms with Gasteiger partial charge in [0.1, 0.15) is 0 Å². The minimum atomic E-state index is -0.630. The van der Waals surface area contributed by atoms with Crippen molar-refractivity contribution in [3.8, 4) is 0 Å². The lowest BCUT2D eigenvalue weighted by atomic mass is 9.73. The van der Waals surface area contributed by atoms with Gasteiger partial charge in [0.25, 0.3) is 5.69 Å². The molecule has 1 aliphatic heterocycles. The zero-order valence-corrected chi connectivity index (χ0v) is 14.1. The fraction of sp³-hybridized carbons (Fsp3) is 0.500. The Morgan fingerprint density at radius 1 is 1.24 bits per heavy atom. The third-order valence-electron chi connectivity index (χ3n) is 5.33. The molecule has 132 valence electrons. The Bertz CT molecular complexity index is 765. The van der Waals surface area contributed by atoms with Crippen LogP contribution in [0.25, 0.3) is 0 Å². The van der Waals surface area contributed by atoms with E-state index in [1.165, 1.54) is 18.2 Å². The zero-order chi connectivity index (χ0) is 18.2. The van der Waals surface area contributed by atoms with Crippen LogP contribution in [0.1, 0.15) is 54.4 Å². The predicted octanol–water partition coefficient (Wildman–Crippen LogP) is 2.80. The summed E-state index contributed by atoms with van der Waals surface area (Å²) in [6.07, 6.45) is 4.47. The van der Waals surface area contributed by atoms with Crippen LogP contribution in [0, 0.1) is 22.5 Å². The lowest BCUT2D eigenvalue weighted by Crippen LogP contribution is -2.39. The Morgan fingerprint density at radius 2 is 1.92 bits per heavy atom. The third kappa shape index (κ3) is 3.06. The van der Waals surface area contributed by atoms with E-state index in [-0.39, 0.29) is 36.0 Å². The zero-order valence-electron chi connectivity index (χ0n) is 14.1. The van der Waals surface area contributed by atoms with Crippen LogP contribution < -0.4 is 0 Å². The van der Waals surface area contributed by atoms with Crippen LogP contribution >= 0.6 is 0 Å². The van der Waals surface area contributed by atoms with Gasteiger partial charge in [0.15, 0.2) is 5.78 Å². The van der Waals surface area contributed by atoms with Crippen molar-refractivity contribution >= 4 is 23.3 Å². The molecule has 7 heteroatoms. The largest absolute Gasteiger partial charge is 0.292 e. The molecule has 0 radical (unpaired) electrons. The molecule has 7 nitrogen and oxygen atoms in total. The summed E-state index contributed by atoms with van der Waals surface area (Å²) in [7, 11) is 0. The monoisotopic (exact) mass is 344 g/mol. The lowest BCUT2D eigenvalue weighted by molar-refractivity contribution is -0.385. The second-order valence-corrected chi connectivity index (χ2v) is 6.98. The molecule has 2 amide bonds. The number of nitrogens with zero attached hydrogens (tertiary/aromatic N) is 2. The molecule has 1 spiro atoms. The number of nitro benzene ring substituents is 1. The second-order valence-electron chi connectivity index (χ2n) is 6.98. The Morgan fingerprint density at radius 3 is 2.56 bits per heavy atom. The van der Waals surface area contributed by atoms with E-state index in [0.29, 0.717) is 18.4 Å². The predicted molar refractivity (Wildman–Crippen MR) is 89.0 cm³/mol. The molecule has 25 heavy (non-hydrogen) atoms. The Kier molecular flexibility index (Phi) is 4.41. The van der Waals surface area contributed by atoms with Crippen molar-refractivity contribution in [2.75, 3.05) is 6.54 Å². The number of aryl methyl sites for hydroxylation is 1. The van der Waals surface area contributed by atoms with Gasteiger partial charge in [0.05, 0.1) is 16.9 Å². The number of ketones is 1. The van der Waals surface area contributed by atoms with Crippen LogP contribution in [-0.2, 0) is 9.59 Å². The van der Waals surface area contributed by atoms with Gasteiger partial charge < -0.3 is 0 Å². The minimum absolute atomic E-state index is 0.141.